The first-order valence-electron chi connectivity index (χ1n) is 6.87. The van der Waals surface area contributed by atoms with Gasteiger partial charge in [0.1, 0.15) is 16.5 Å². The number of aryl methyl sites for hydroxylation is 2. The molecule has 0 fully saturated rings. The van der Waals surface area contributed by atoms with Crippen LogP contribution in [0.3, 0.4) is 0 Å². The standard InChI is InChI=1S/C17H15NO2S2/c1-11-3-6-13(7-4-11)16-18-14(10-21-16)9-20-17(19)15-8-5-12(2)22-15/h3-8,10H,9H2,1-2H3. The molecular formula is C17H15NO2S2. The maximum Gasteiger partial charge on any atom is 0.348 e. The number of carbonyl (C=O) groups is 1. The highest BCUT2D eigenvalue weighted by Crippen LogP contribution is 2.24. The van der Waals surface area contributed by atoms with Crippen LogP contribution in [0.15, 0.2) is 41.8 Å². The molecule has 0 saturated carbocycles. The largest absolute Gasteiger partial charge is 0.455 e. The summed E-state index contributed by atoms with van der Waals surface area (Å²) in [5.41, 5.74) is 3.09. The molecule has 112 valence electrons. The van der Waals surface area contributed by atoms with Crippen molar-refractivity contribution in [2.24, 2.45) is 0 Å². The van der Waals surface area contributed by atoms with Gasteiger partial charge >= 0.3 is 5.97 Å². The van der Waals surface area contributed by atoms with Gasteiger partial charge in [-0.25, -0.2) is 9.78 Å². The van der Waals surface area contributed by atoms with E-state index in [1.807, 2.05) is 18.4 Å². The van der Waals surface area contributed by atoms with Crippen LogP contribution in [0.2, 0.25) is 0 Å². The molecule has 3 nitrogen and oxygen atoms in total. The lowest BCUT2D eigenvalue weighted by atomic mass is 10.2. The number of aromatic nitrogens is 1. The van der Waals surface area contributed by atoms with E-state index in [1.54, 1.807) is 17.4 Å². The third-order valence-corrected chi connectivity index (χ3v) is 5.06. The summed E-state index contributed by atoms with van der Waals surface area (Å²) in [5.74, 6) is -0.289. The number of rotatable bonds is 4. The second-order valence-corrected chi connectivity index (χ2v) is 7.14. The topological polar surface area (TPSA) is 39.2 Å². The highest BCUT2D eigenvalue weighted by molar-refractivity contribution is 7.14. The summed E-state index contributed by atoms with van der Waals surface area (Å²) in [4.78, 5) is 18.2. The highest BCUT2D eigenvalue weighted by Gasteiger charge is 2.11. The van der Waals surface area contributed by atoms with E-state index in [-0.39, 0.29) is 12.6 Å². The van der Waals surface area contributed by atoms with Crippen molar-refractivity contribution in [2.75, 3.05) is 0 Å². The number of esters is 1. The fraction of sp³-hybridized carbons (Fsp3) is 0.176. The van der Waals surface area contributed by atoms with E-state index in [9.17, 15) is 4.79 Å². The van der Waals surface area contributed by atoms with Gasteiger partial charge in [0.25, 0.3) is 0 Å². The van der Waals surface area contributed by atoms with Crippen LogP contribution >= 0.6 is 22.7 Å². The second-order valence-electron chi connectivity index (χ2n) is 5.00. The van der Waals surface area contributed by atoms with Gasteiger partial charge < -0.3 is 4.74 Å². The Labute approximate surface area is 137 Å². The summed E-state index contributed by atoms with van der Waals surface area (Å²) in [6.45, 7) is 4.23. The maximum absolute atomic E-state index is 11.9. The average molecular weight is 329 g/mol. The molecule has 3 rings (SSSR count). The average Bonchev–Trinajstić information content (AvgIpc) is 3.15. The van der Waals surface area contributed by atoms with Gasteiger partial charge in [0, 0.05) is 15.8 Å². The van der Waals surface area contributed by atoms with Crippen LogP contribution < -0.4 is 0 Å². The zero-order chi connectivity index (χ0) is 15.5. The van der Waals surface area contributed by atoms with Crippen LogP contribution in [0.1, 0.15) is 25.8 Å². The maximum atomic E-state index is 11.9. The fourth-order valence-corrected chi connectivity index (χ4v) is 3.53. The molecule has 3 aromatic rings. The Balaban J connectivity index is 1.64. The predicted molar refractivity (Wildman–Crippen MR) is 90.5 cm³/mol. The molecule has 0 N–H and O–H groups in total. The SMILES string of the molecule is Cc1ccc(-c2nc(COC(=O)c3ccc(C)s3)cs2)cc1. The molecule has 0 bridgehead atoms. The van der Waals surface area contributed by atoms with Crippen LogP contribution in [0.25, 0.3) is 10.6 Å². The quantitative estimate of drug-likeness (QED) is 0.643. The molecule has 0 spiro atoms. The number of benzene rings is 1. The van der Waals surface area contributed by atoms with Gasteiger partial charge in [0.2, 0.25) is 0 Å². The van der Waals surface area contributed by atoms with Crippen LogP contribution in [-0.4, -0.2) is 11.0 Å². The molecule has 0 atom stereocenters. The molecule has 0 unspecified atom stereocenters. The Morgan fingerprint density at radius 2 is 1.91 bits per heavy atom. The molecule has 0 amide bonds. The van der Waals surface area contributed by atoms with E-state index in [2.05, 4.69) is 36.2 Å². The lowest BCUT2D eigenvalue weighted by Gasteiger charge is -2.00. The Bertz CT molecular complexity index is 787. The Hall–Kier alpha value is -1.98. The number of nitrogens with zero attached hydrogens (tertiary/aromatic N) is 1. The lowest BCUT2D eigenvalue weighted by Crippen LogP contribution is -2.03. The van der Waals surface area contributed by atoms with Crippen LogP contribution in [0, 0.1) is 13.8 Å². The Kier molecular flexibility index (Phi) is 4.36. The number of thiazole rings is 1. The molecule has 0 aliphatic rings. The molecule has 22 heavy (non-hydrogen) atoms. The number of ether oxygens (including phenoxy) is 1. The fourth-order valence-electron chi connectivity index (χ4n) is 1.96. The third-order valence-electron chi connectivity index (χ3n) is 3.14. The minimum atomic E-state index is -0.289. The normalized spacial score (nSPS) is 10.6. The number of hydrogen-bond acceptors (Lipinski definition) is 5. The molecule has 5 heteroatoms. The van der Waals surface area contributed by atoms with Crippen molar-refractivity contribution in [1.29, 1.82) is 0 Å². The van der Waals surface area contributed by atoms with Crippen molar-refractivity contribution in [2.45, 2.75) is 20.5 Å². The first-order chi connectivity index (χ1) is 10.6. The van der Waals surface area contributed by atoms with Gasteiger partial charge in [0.05, 0.1) is 5.69 Å². The smallest absolute Gasteiger partial charge is 0.348 e. The van der Waals surface area contributed by atoms with Gasteiger partial charge in [-0.2, -0.15) is 0 Å². The van der Waals surface area contributed by atoms with Crippen LogP contribution in [0.5, 0.6) is 0 Å². The lowest BCUT2D eigenvalue weighted by molar-refractivity contribution is 0.0474. The number of carbonyl (C=O) groups excluding carboxylic acids is 1. The summed E-state index contributed by atoms with van der Waals surface area (Å²) in [7, 11) is 0. The van der Waals surface area contributed by atoms with Crippen LogP contribution in [-0.2, 0) is 11.3 Å². The van der Waals surface area contributed by atoms with E-state index in [4.69, 9.17) is 4.74 Å². The highest BCUT2D eigenvalue weighted by atomic mass is 32.1. The first kappa shape index (κ1) is 14.9. The van der Waals surface area contributed by atoms with Gasteiger partial charge in [-0.1, -0.05) is 29.8 Å². The van der Waals surface area contributed by atoms with Crippen LogP contribution in [0.4, 0.5) is 0 Å². The van der Waals surface area contributed by atoms with E-state index in [0.29, 0.717) is 4.88 Å². The van der Waals surface area contributed by atoms with Crippen molar-refractivity contribution in [1.82, 2.24) is 4.98 Å². The van der Waals surface area contributed by atoms with Crippen molar-refractivity contribution in [3.63, 3.8) is 0 Å². The molecular weight excluding hydrogens is 314 g/mol. The summed E-state index contributed by atoms with van der Waals surface area (Å²) in [6, 6.07) is 11.9. The molecule has 0 saturated heterocycles. The van der Waals surface area contributed by atoms with E-state index >= 15 is 0 Å². The molecule has 2 heterocycles. The predicted octanol–water partition coefficient (Wildman–Crippen LogP) is 4.85. The minimum absolute atomic E-state index is 0.206. The van der Waals surface area contributed by atoms with E-state index in [1.165, 1.54) is 16.9 Å². The van der Waals surface area contributed by atoms with Gasteiger partial charge in [0.15, 0.2) is 0 Å². The number of hydrogen-bond donors (Lipinski definition) is 0. The van der Waals surface area contributed by atoms with Crippen molar-refractivity contribution >= 4 is 28.6 Å². The zero-order valence-electron chi connectivity index (χ0n) is 12.3. The Morgan fingerprint density at radius 3 is 2.59 bits per heavy atom. The summed E-state index contributed by atoms with van der Waals surface area (Å²) in [5, 5.41) is 2.88. The molecule has 0 aliphatic heterocycles. The summed E-state index contributed by atoms with van der Waals surface area (Å²) in [6.07, 6.45) is 0. The summed E-state index contributed by atoms with van der Waals surface area (Å²) < 4.78 is 5.31. The molecule has 2 aromatic heterocycles. The number of thiophene rings is 1. The van der Waals surface area contributed by atoms with Crippen molar-refractivity contribution in [3.8, 4) is 10.6 Å². The second kappa shape index (κ2) is 6.42. The first-order valence-corrected chi connectivity index (χ1v) is 8.56. The van der Waals surface area contributed by atoms with E-state index < -0.39 is 0 Å². The monoisotopic (exact) mass is 329 g/mol. The summed E-state index contributed by atoms with van der Waals surface area (Å²) >= 11 is 3.00. The zero-order valence-corrected chi connectivity index (χ0v) is 14.0. The van der Waals surface area contributed by atoms with Crippen molar-refractivity contribution in [3.05, 3.63) is 62.8 Å². The van der Waals surface area contributed by atoms with Gasteiger partial charge in [-0.3, -0.25) is 0 Å². The minimum Gasteiger partial charge on any atom is -0.455 e. The molecule has 0 aliphatic carbocycles. The van der Waals surface area contributed by atoms with Gasteiger partial charge in [-0.05, 0) is 26.0 Å². The van der Waals surface area contributed by atoms with Gasteiger partial charge in [-0.15, -0.1) is 22.7 Å². The van der Waals surface area contributed by atoms with Crippen molar-refractivity contribution < 1.29 is 9.53 Å². The molecule has 1 aromatic carbocycles. The third kappa shape index (κ3) is 3.43. The molecule has 0 radical (unpaired) electrons. The Morgan fingerprint density at radius 1 is 1.14 bits per heavy atom. The van der Waals surface area contributed by atoms with E-state index in [0.717, 1.165) is 21.1 Å².